The van der Waals surface area contributed by atoms with E-state index in [1.54, 1.807) is 0 Å². The van der Waals surface area contributed by atoms with Crippen molar-refractivity contribution in [3.63, 3.8) is 0 Å². The number of nitrogens with one attached hydrogen (secondary N) is 1. The first-order valence-corrected chi connectivity index (χ1v) is 8.12. The van der Waals surface area contributed by atoms with Gasteiger partial charge in [-0.05, 0) is 37.0 Å². The number of carbonyl (C=O) groups is 1. The van der Waals surface area contributed by atoms with Crippen LogP contribution < -0.4 is 20.5 Å². The summed E-state index contributed by atoms with van der Waals surface area (Å²) in [5, 5.41) is 3.49. The van der Waals surface area contributed by atoms with Crippen molar-refractivity contribution in [3.05, 3.63) is 22.7 Å². The third-order valence-electron chi connectivity index (χ3n) is 4.21. The third-order valence-corrected chi connectivity index (χ3v) is 4.49. The van der Waals surface area contributed by atoms with Gasteiger partial charge >= 0.3 is 0 Å². The Morgan fingerprint density at radius 1 is 1.30 bits per heavy atom. The minimum Gasteiger partial charge on any atom is -0.486 e. The van der Waals surface area contributed by atoms with Crippen molar-refractivity contribution in [1.29, 1.82) is 0 Å². The molecule has 3 rings (SSSR count). The quantitative estimate of drug-likeness (QED) is 0.868. The standard InChI is InChI=1S/C16H21ClN2O3.ClH/c17-13-6-10(7-14-15(13)22-5-4-21-14)9-19-16(20)11-2-1-3-12(18)8-11;/h6-7,11-12H,1-5,8-9,18H2,(H,19,20);1H. The first-order chi connectivity index (χ1) is 10.6. The van der Waals surface area contributed by atoms with E-state index in [-0.39, 0.29) is 30.3 Å². The van der Waals surface area contributed by atoms with Gasteiger partial charge in [-0.1, -0.05) is 18.0 Å². The summed E-state index contributed by atoms with van der Waals surface area (Å²) in [5.74, 6) is 1.32. The molecule has 1 heterocycles. The van der Waals surface area contributed by atoms with Gasteiger partial charge in [0.15, 0.2) is 11.5 Å². The summed E-state index contributed by atoms with van der Waals surface area (Å²) in [4.78, 5) is 12.2. The lowest BCUT2D eigenvalue weighted by atomic mass is 9.85. The van der Waals surface area contributed by atoms with Gasteiger partial charge in [0.1, 0.15) is 13.2 Å². The van der Waals surface area contributed by atoms with Crippen LogP contribution in [0.2, 0.25) is 5.02 Å². The molecule has 0 aromatic heterocycles. The maximum absolute atomic E-state index is 12.2. The van der Waals surface area contributed by atoms with Gasteiger partial charge in [-0.15, -0.1) is 12.4 Å². The van der Waals surface area contributed by atoms with Crippen LogP contribution in [0.1, 0.15) is 31.2 Å². The van der Waals surface area contributed by atoms with Crippen LogP contribution in [-0.4, -0.2) is 25.2 Å². The number of amides is 1. The minimum absolute atomic E-state index is 0. The zero-order valence-electron chi connectivity index (χ0n) is 12.8. The molecule has 128 valence electrons. The first kappa shape index (κ1) is 18.2. The number of nitrogens with two attached hydrogens (primary N) is 1. The Balaban J connectivity index is 0.00000192. The average Bonchev–Trinajstić information content (AvgIpc) is 2.53. The van der Waals surface area contributed by atoms with Crippen LogP contribution in [0.25, 0.3) is 0 Å². The van der Waals surface area contributed by atoms with E-state index in [1.807, 2.05) is 12.1 Å². The molecular weight excluding hydrogens is 339 g/mol. The maximum Gasteiger partial charge on any atom is 0.223 e. The molecule has 23 heavy (non-hydrogen) atoms. The number of halogens is 2. The van der Waals surface area contributed by atoms with Crippen LogP contribution in [-0.2, 0) is 11.3 Å². The molecule has 7 heteroatoms. The monoisotopic (exact) mass is 360 g/mol. The third kappa shape index (κ3) is 4.43. The van der Waals surface area contributed by atoms with Gasteiger partial charge in [-0.25, -0.2) is 0 Å². The predicted octanol–water partition coefficient (Wildman–Crippen LogP) is 2.67. The number of ether oxygens (including phenoxy) is 2. The summed E-state index contributed by atoms with van der Waals surface area (Å²) in [6.45, 7) is 1.45. The molecule has 1 fully saturated rings. The van der Waals surface area contributed by atoms with Crippen molar-refractivity contribution in [3.8, 4) is 11.5 Å². The van der Waals surface area contributed by atoms with Crippen LogP contribution in [0, 0.1) is 5.92 Å². The molecule has 0 bridgehead atoms. The summed E-state index contributed by atoms with van der Waals surface area (Å²) < 4.78 is 11.0. The average molecular weight is 361 g/mol. The molecule has 0 spiro atoms. The largest absolute Gasteiger partial charge is 0.486 e. The van der Waals surface area contributed by atoms with Gasteiger partial charge < -0.3 is 20.5 Å². The van der Waals surface area contributed by atoms with E-state index >= 15 is 0 Å². The number of hydrogen-bond donors (Lipinski definition) is 2. The molecule has 1 aromatic carbocycles. The zero-order chi connectivity index (χ0) is 15.5. The molecule has 5 nitrogen and oxygen atoms in total. The number of fused-ring (bicyclic) bond motifs is 1. The Bertz CT molecular complexity index is 569. The van der Waals surface area contributed by atoms with E-state index in [0.29, 0.717) is 36.3 Å². The second-order valence-corrected chi connectivity index (χ2v) is 6.35. The zero-order valence-corrected chi connectivity index (χ0v) is 14.4. The molecule has 3 N–H and O–H groups in total. The van der Waals surface area contributed by atoms with Crippen LogP contribution >= 0.6 is 24.0 Å². The molecule has 1 aliphatic carbocycles. The van der Waals surface area contributed by atoms with Crippen molar-refractivity contribution >= 4 is 29.9 Å². The van der Waals surface area contributed by atoms with Crippen molar-refractivity contribution in [2.75, 3.05) is 13.2 Å². The highest BCUT2D eigenvalue weighted by Gasteiger charge is 2.25. The Labute approximate surface area is 147 Å². The van der Waals surface area contributed by atoms with Gasteiger partial charge in [0.2, 0.25) is 5.91 Å². The summed E-state index contributed by atoms with van der Waals surface area (Å²) >= 11 is 6.20. The molecule has 2 unspecified atom stereocenters. The second-order valence-electron chi connectivity index (χ2n) is 5.94. The van der Waals surface area contributed by atoms with Gasteiger partial charge in [-0.3, -0.25) is 4.79 Å². The molecule has 1 aliphatic heterocycles. The van der Waals surface area contributed by atoms with Crippen molar-refractivity contribution < 1.29 is 14.3 Å². The highest BCUT2D eigenvalue weighted by atomic mass is 35.5. The fourth-order valence-electron chi connectivity index (χ4n) is 3.07. The lowest BCUT2D eigenvalue weighted by Gasteiger charge is -2.25. The molecule has 2 aliphatic rings. The highest BCUT2D eigenvalue weighted by molar-refractivity contribution is 6.32. The Morgan fingerprint density at radius 2 is 2.09 bits per heavy atom. The summed E-state index contributed by atoms with van der Waals surface area (Å²) in [7, 11) is 0. The molecule has 1 saturated carbocycles. The lowest BCUT2D eigenvalue weighted by Crippen LogP contribution is -2.37. The molecule has 1 aromatic rings. The Hall–Kier alpha value is -1.17. The van der Waals surface area contributed by atoms with E-state index in [4.69, 9.17) is 26.8 Å². The first-order valence-electron chi connectivity index (χ1n) is 7.75. The summed E-state index contributed by atoms with van der Waals surface area (Å²) in [6, 6.07) is 3.82. The second kappa shape index (κ2) is 8.08. The van der Waals surface area contributed by atoms with Gasteiger partial charge in [0.25, 0.3) is 0 Å². The van der Waals surface area contributed by atoms with Crippen LogP contribution in [0.15, 0.2) is 12.1 Å². The normalized spacial score (nSPS) is 22.9. The van der Waals surface area contributed by atoms with Gasteiger partial charge in [0, 0.05) is 18.5 Å². The number of rotatable bonds is 3. The topological polar surface area (TPSA) is 73.6 Å². The molecule has 0 saturated heterocycles. The smallest absolute Gasteiger partial charge is 0.223 e. The van der Waals surface area contributed by atoms with Gasteiger partial charge in [-0.2, -0.15) is 0 Å². The lowest BCUT2D eigenvalue weighted by molar-refractivity contribution is -0.126. The molecule has 2 atom stereocenters. The minimum atomic E-state index is 0. The van der Waals surface area contributed by atoms with E-state index in [9.17, 15) is 4.79 Å². The fraction of sp³-hybridized carbons (Fsp3) is 0.562. The predicted molar refractivity (Wildman–Crippen MR) is 91.5 cm³/mol. The summed E-state index contributed by atoms with van der Waals surface area (Å²) in [6.07, 6.45) is 3.73. The maximum atomic E-state index is 12.2. The summed E-state index contributed by atoms with van der Waals surface area (Å²) in [5.41, 5.74) is 6.84. The number of carbonyl (C=O) groups excluding carboxylic acids is 1. The van der Waals surface area contributed by atoms with Crippen molar-refractivity contribution in [2.45, 2.75) is 38.3 Å². The van der Waals surface area contributed by atoms with Crippen LogP contribution in [0.3, 0.4) is 0 Å². The molecule has 1 amide bonds. The van der Waals surface area contributed by atoms with E-state index in [1.165, 1.54) is 0 Å². The Morgan fingerprint density at radius 3 is 2.87 bits per heavy atom. The van der Waals surface area contributed by atoms with E-state index < -0.39 is 0 Å². The van der Waals surface area contributed by atoms with Crippen LogP contribution in [0.4, 0.5) is 0 Å². The number of hydrogen-bond acceptors (Lipinski definition) is 4. The highest BCUT2D eigenvalue weighted by Crippen LogP contribution is 2.38. The van der Waals surface area contributed by atoms with E-state index in [2.05, 4.69) is 5.32 Å². The van der Waals surface area contributed by atoms with Crippen LogP contribution in [0.5, 0.6) is 11.5 Å². The fourth-order valence-corrected chi connectivity index (χ4v) is 3.35. The van der Waals surface area contributed by atoms with Crippen molar-refractivity contribution in [2.24, 2.45) is 11.7 Å². The molecular formula is C16H22Cl2N2O3. The number of benzene rings is 1. The SMILES string of the molecule is Cl.NC1CCCC(C(=O)NCc2cc(Cl)c3c(c2)OCCO3)C1. The van der Waals surface area contributed by atoms with Crippen molar-refractivity contribution in [1.82, 2.24) is 5.32 Å². The van der Waals surface area contributed by atoms with E-state index in [0.717, 1.165) is 31.2 Å². The van der Waals surface area contributed by atoms with Gasteiger partial charge in [0.05, 0.1) is 5.02 Å². The molecule has 0 radical (unpaired) electrons. The Kier molecular flexibility index (Phi) is 6.39.